The van der Waals surface area contributed by atoms with Crippen LogP contribution in [0.15, 0.2) is 58.4 Å². The number of aryl methyl sites for hydroxylation is 1. The first kappa shape index (κ1) is 31.0. The Morgan fingerprint density at radius 3 is 2.74 bits per heavy atom. The van der Waals surface area contributed by atoms with E-state index in [1.807, 2.05) is 31.2 Å². The molecule has 2 atom stereocenters. The smallest absolute Gasteiger partial charge is 0.354 e. The summed E-state index contributed by atoms with van der Waals surface area (Å²) >= 11 is 6.28. The number of rotatable bonds is 11. The van der Waals surface area contributed by atoms with Crippen molar-refractivity contribution in [3.05, 3.63) is 81.1 Å². The average Bonchev–Trinajstić information content (AvgIpc) is 3.41. The van der Waals surface area contributed by atoms with Gasteiger partial charge in [-0.1, -0.05) is 57.3 Å². The van der Waals surface area contributed by atoms with Crippen molar-refractivity contribution >= 4 is 28.5 Å². The summed E-state index contributed by atoms with van der Waals surface area (Å²) in [6, 6.07) is 14.1. The minimum absolute atomic E-state index is 0.0943. The molecule has 0 spiro atoms. The molecule has 5 rings (SSSR count). The molecule has 1 aliphatic heterocycles. The third-order valence-corrected chi connectivity index (χ3v) is 8.62. The number of nitrogens with one attached hydrogen (secondary N) is 2. The van der Waals surface area contributed by atoms with Gasteiger partial charge in [0.2, 0.25) is 0 Å². The van der Waals surface area contributed by atoms with Gasteiger partial charge >= 0.3 is 5.69 Å². The largest absolute Gasteiger partial charge is 0.387 e. The van der Waals surface area contributed by atoms with Crippen molar-refractivity contribution in [1.82, 2.24) is 19.9 Å². The van der Waals surface area contributed by atoms with E-state index in [9.17, 15) is 4.79 Å². The fourth-order valence-electron chi connectivity index (χ4n) is 5.88. The number of H-pyrrole nitrogens is 1. The third-order valence-electron chi connectivity index (χ3n) is 8.34. The fourth-order valence-corrected chi connectivity index (χ4v) is 6.12. The molecule has 0 amide bonds. The molecule has 0 radical (unpaired) electrons. The number of aromatic amines is 1. The van der Waals surface area contributed by atoms with E-state index in [1.165, 1.54) is 10.1 Å². The van der Waals surface area contributed by atoms with Crippen molar-refractivity contribution in [2.24, 2.45) is 16.6 Å². The summed E-state index contributed by atoms with van der Waals surface area (Å²) in [6.45, 7) is 7.14. The Balaban J connectivity index is 1.34. The Morgan fingerprint density at radius 2 is 2.00 bits per heavy atom. The van der Waals surface area contributed by atoms with Crippen molar-refractivity contribution in [1.29, 1.82) is 0 Å². The number of hydrogen-bond donors (Lipinski definition) is 3. The zero-order valence-electron chi connectivity index (χ0n) is 25.3. The average molecular weight is 605 g/mol. The molecule has 2 aromatic carbocycles. The normalized spacial score (nSPS) is 17.7. The predicted octanol–water partition coefficient (Wildman–Crippen LogP) is 7.49. The van der Waals surface area contributed by atoms with Gasteiger partial charge in [0.1, 0.15) is 5.65 Å². The molecule has 0 bridgehead atoms. The lowest BCUT2D eigenvalue weighted by molar-refractivity contribution is 0.315. The molecule has 4 N–H and O–H groups in total. The molecule has 1 saturated heterocycles. The summed E-state index contributed by atoms with van der Waals surface area (Å²) in [5, 5.41) is 4.57. The molecule has 1 fully saturated rings. The summed E-state index contributed by atoms with van der Waals surface area (Å²) < 4.78 is 16.7. The summed E-state index contributed by atoms with van der Waals surface area (Å²) in [4.78, 5) is 24.9. The lowest BCUT2D eigenvalue weighted by atomic mass is 9.92. The van der Waals surface area contributed by atoms with Crippen LogP contribution in [-0.2, 0) is 6.42 Å². The highest BCUT2D eigenvalue weighted by Crippen LogP contribution is 2.32. The molecule has 0 aliphatic carbocycles. The molecular weight excluding hydrogens is 563 g/mol. The first-order chi connectivity index (χ1) is 20.7. The van der Waals surface area contributed by atoms with Gasteiger partial charge in [-0.05, 0) is 79.5 Å². The van der Waals surface area contributed by atoms with Crippen LogP contribution in [0.2, 0.25) is 5.02 Å². The Hall–Kier alpha value is -3.49. The van der Waals surface area contributed by atoms with E-state index >= 15 is 4.39 Å². The van der Waals surface area contributed by atoms with E-state index in [0.717, 1.165) is 69.2 Å². The molecular formula is C34H42ClFN6O. The Morgan fingerprint density at radius 1 is 1.21 bits per heavy atom. The molecule has 7 nitrogen and oxygen atoms in total. The summed E-state index contributed by atoms with van der Waals surface area (Å²) in [5.74, 6) is 0.833. The monoisotopic (exact) mass is 604 g/mol. The zero-order chi connectivity index (χ0) is 30.5. The third kappa shape index (κ3) is 7.54. The highest BCUT2D eigenvalue weighted by molar-refractivity contribution is 6.31. The van der Waals surface area contributed by atoms with Crippen LogP contribution < -0.4 is 16.7 Å². The van der Waals surface area contributed by atoms with Crippen LogP contribution in [0.3, 0.4) is 0 Å². The van der Waals surface area contributed by atoms with Gasteiger partial charge in [0, 0.05) is 42.2 Å². The molecule has 3 heterocycles. The molecule has 2 aromatic heterocycles. The fraction of sp³-hybridized carbons (Fsp3) is 0.441. The number of aliphatic imine (C=N–C) groups is 1. The minimum atomic E-state index is -0.483. The maximum absolute atomic E-state index is 15.1. The van der Waals surface area contributed by atoms with Crippen LogP contribution in [0, 0.1) is 11.7 Å². The summed E-state index contributed by atoms with van der Waals surface area (Å²) in [5.41, 5.74) is 9.69. The molecule has 228 valence electrons. The molecule has 4 aromatic rings. The highest BCUT2D eigenvalue weighted by atomic mass is 35.5. The van der Waals surface area contributed by atoms with Crippen molar-refractivity contribution in [3.63, 3.8) is 0 Å². The SMILES string of the molecule is CCC(N)=NCC[C@@H]1CCC[C@@H](c2ccc(-n3cc4cc(-c5cc(CCCC(C)C)cc(Cl)c5F)[nH]c4nc3=O)cc2)N1. The highest BCUT2D eigenvalue weighted by Gasteiger charge is 2.22. The van der Waals surface area contributed by atoms with Crippen molar-refractivity contribution in [2.45, 2.75) is 84.2 Å². The van der Waals surface area contributed by atoms with E-state index in [-0.39, 0.29) is 11.1 Å². The van der Waals surface area contributed by atoms with Crippen molar-refractivity contribution in [2.75, 3.05) is 6.54 Å². The second-order valence-electron chi connectivity index (χ2n) is 12.1. The van der Waals surface area contributed by atoms with Crippen LogP contribution in [0.4, 0.5) is 4.39 Å². The standard InChI is InChI=1S/C34H42ClFN6O/c1-4-31(37)38-16-15-25-9-6-10-29(39-25)23-11-13-26(14-12-23)42-20-24-19-30(40-33(24)41-34(42)43)27-17-22(8-5-7-21(2)3)18-28(35)32(27)36/h11-14,17-21,25,29,39H,4-10,15-16H2,1-3H3,(H2,37,38)(H,40,41,43)/t25-,29-/m0/s1. The van der Waals surface area contributed by atoms with Crippen molar-refractivity contribution in [3.8, 4) is 16.9 Å². The van der Waals surface area contributed by atoms with E-state index < -0.39 is 11.5 Å². The van der Waals surface area contributed by atoms with Gasteiger partial charge in [-0.2, -0.15) is 4.98 Å². The van der Waals surface area contributed by atoms with Gasteiger partial charge in [-0.15, -0.1) is 0 Å². The van der Waals surface area contributed by atoms with Crippen molar-refractivity contribution < 1.29 is 4.39 Å². The number of benzene rings is 2. The van der Waals surface area contributed by atoms with Gasteiger partial charge in [0.25, 0.3) is 0 Å². The van der Waals surface area contributed by atoms with E-state index in [2.05, 4.69) is 46.3 Å². The van der Waals surface area contributed by atoms with Gasteiger partial charge in [-0.25, -0.2) is 9.18 Å². The number of piperidine rings is 1. The first-order valence-corrected chi connectivity index (χ1v) is 15.9. The minimum Gasteiger partial charge on any atom is -0.387 e. The van der Waals surface area contributed by atoms with Gasteiger partial charge < -0.3 is 16.0 Å². The van der Waals surface area contributed by atoms with Gasteiger partial charge in [0.05, 0.1) is 22.2 Å². The Labute approximate surface area is 257 Å². The molecule has 43 heavy (non-hydrogen) atoms. The molecule has 0 saturated carbocycles. The zero-order valence-corrected chi connectivity index (χ0v) is 26.1. The number of nitrogens with two attached hydrogens (primary N) is 1. The van der Waals surface area contributed by atoms with Crippen LogP contribution in [0.25, 0.3) is 28.0 Å². The maximum atomic E-state index is 15.1. The van der Waals surface area contributed by atoms with Gasteiger partial charge in [-0.3, -0.25) is 9.56 Å². The maximum Gasteiger partial charge on any atom is 0.354 e. The number of halogens is 2. The lowest BCUT2D eigenvalue weighted by Gasteiger charge is -2.31. The van der Waals surface area contributed by atoms with Crippen LogP contribution in [0.5, 0.6) is 0 Å². The number of fused-ring (bicyclic) bond motifs is 1. The molecule has 1 aliphatic rings. The predicted molar refractivity (Wildman–Crippen MR) is 175 cm³/mol. The van der Waals surface area contributed by atoms with Crippen LogP contribution >= 0.6 is 11.6 Å². The van der Waals surface area contributed by atoms with Crippen LogP contribution in [-0.4, -0.2) is 33.0 Å². The Bertz CT molecular complexity index is 1640. The number of amidine groups is 1. The molecule has 9 heteroatoms. The first-order valence-electron chi connectivity index (χ1n) is 15.5. The Kier molecular flexibility index (Phi) is 9.98. The second-order valence-corrected chi connectivity index (χ2v) is 12.5. The van der Waals surface area contributed by atoms with Gasteiger partial charge in [0.15, 0.2) is 5.82 Å². The summed E-state index contributed by atoms with van der Waals surface area (Å²) in [7, 11) is 0. The number of hydrogen-bond acceptors (Lipinski definition) is 4. The number of aromatic nitrogens is 3. The lowest BCUT2D eigenvalue weighted by Crippen LogP contribution is -2.37. The quantitative estimate of drug-likeness (QED) is 0.122. The summed E-state index contributed by atoms with van der Waals surface area (Å²) in [6.07, 6.45) is 9.77. The van der Waals surface area contributed by atoms with Crippen LogP contribution in [0.1, 0.15) is 82.9 Å². The van der Waals surface area contributed by atoms with E-state index in [0.29, 0.717) is 40.1 Å². The number of nitrogens with zero attached hydrogens (tertiary/aromatic N) is 3. The van der Waals surface area contributed by atoms with E-state index in [1.54, 1.807) is 12.3 Å². The van der Waals surface area contributed by atoms with E-state index in [4.69, 9.17) is 17.3 Å². The topological polar surface area (TPSA) is 101 Å². The second kappa shape index (κ2) is 13.9. The molecule has 0 unspecified atom stereocenters.